The smallest absolute Gasteiger partial charge is 0.231 e. The largest absolute Gasteiger partial charge is 0.508 e. The molecule has 1 N–H and O–H groups in total. The zero-order valence-corrected chi connectivity index (χ0v) is 11.2. The second-order valence-corrected chi connectivity index (χ2v) is 5.36. The molecule has 0 atom stereocenters. The molecule has 0 saturated carbocycles. The van der Waals surface area contributed by atoms with Crippen LogP contribution >= 0.6 is 0 Å². The fraction of sp³-hybridized carbons (Fsp3) is 0.294. The van der Waals surface area contributed by atoms with Crippen LogP contribution in [0, 0.1) is 0 Å². The van der Waals surface area contributed by atoms with Crippen LogP contribution in [0.3, 0.4) is 0 Å². The zero-order valence-electron chi connectivity index (χ0n) is 11.2. The van der Waals surface area contributed by atoms with Crippen LogP contribution in [0.4, 0.5) is 0 Å². The molecular weight excluding hydrogens is 252 g/mol. The molecule has 1 heterocycles. The molecule has 0 amide bonds. The first-order valence-corrected chi connectivity index (χ1v) is 7.07. The summed E-state index contributed by atoms with van der Waals surface area (Å²) in [5, 5.41) is 10.0. The molecule has 20 heavy (non-hydrogen) atoms. The van der Waals surface area contributed by atoms with Gasteiger partial charge in [0.15, 0.2) is 11.5 Å². The highest BCUT2D eigenvalue weighted by Crippen LogP contribution is 2.40. The van der Waals surface area contributed by atoms with E-state index in [9.17, 15) is 5.11 Å². The standard InChI is InChI=1S/C17H16O3/c18-15-7-6-12(13-3-1-2-4-14(13)15)11-5-8-16-17(9-11)20-10-19-16/h5-9,18H,1-4,10H2. The lowest BCUT2D eigenvalue weighted by atomic mass is 9.85. The highest BCUT2D eigenvalue weighted by Gasteiger charge is 2.19. The highest BCUT2D eigenvalue weighted by molar-refractivity contribution is 5.73. The first kappa shape index (κ1) is 11.6. The molecule has 0 aromatic heterocycles. The molecule has 3 nitrogen and oxygen atoms in total. The van der Waals surface area contributed by atoms with Crippen molar-refractivity contribution in [3.8, 4) is 28.4 Å². The Balaban J connectivity index is 1.86. The van der Waals surface area contributed by atoms with Crippen LogP contribution < -0.4 is 9.47 Å². The second kappa shape index (κ2) is 4.44. The summed E-state index contributed by atoms with van der Waals surface area (Å²) in [6, 6.07) is 9.87. The number of phenolic OH excluding ortho intramolecular Hbond substituents is 1. The molecule has 0 saturated heterocycles. The summed E-state index contributed by atoms with van der Waals surface area (Å²) in [5.41, 5.74) is 4.74. The van der Waals surface area contributed by atoms with E-state index >= 15 is 0 Å². The highest BCUT2D eigenvalue weighted by atomic mass is 16.7. The Morgan fingerprint density at radius 1 is 0.850 bits per heavy atom. The van der Waals surface area contributed by atoms with Crippen molar-refractivity contribution < 1.29 is 14.6 Å². The van der Waals surface area contributed by atoms with Crippen LogP contribution in [-0.2, 0) is 12.8 Å². The Hall–Kier alpha value is -2.16. The van der Waals surface area contributed by atoms with Gasteiger partial charge in [-0.05, 0) is 66.1 Å². The van der Waals surface area contributed by atoms with E-state index in [-0.39, 0.29) is 0 Å². The monoisotopic (exact) mass is 268 g/mol. The topological polar surface area (TPSA) is 38.7 Å². The molecule has 0 radical (unpaired) electrons. The normalized spacial score (nSPS) is 16.0. The van der Waals surface area contributed by atoms with E-state index in [1.807, 2.05) is 24.3 Å². The van der Waals surface area contributed by atoms with E-state index in [2.05, 4.69) is 6.07 Å². The molecular formula is C17H16O3. The van der Waals surface area contributed by atoms with Gasteiger partial charge in [-0.15, -0.1) is 0 Å². The van der Waals surface area contributed by atoms with Crippen molar-refractivity contribution >= 4 is 0 Å². The van der Waals surface area contributed by atoms with Crippen LogP contribution in [0.5, 0.6) is 17.2 Å². The predicted octanol–water partition coefficient (Wildman–Crippen LogP) is 3.67. The predicted molar refractivity (Wildman–Crippen MR) is 76.3 cm³/mol. The van der Waals surface area contributed by atoms with Crippen LogP contribution in [0.15, 0.2) is 30.3 Å². The Morgan fingerprint density at radius 2 is 1.65 bits per heavy atom. The van der Waals surface area contributed by atoms with E-state index in [4.69, 9.17) is 9.47 Å². The maximum absolute atomic E-state index is 10.0. The fourth-order valence-corrected chi connectivity index (χ4v) is 3.18. The molecule has 0 spiro atoms. The lowest BCUT2D eigenvalue weighted by Gasteiger charge is -2.20. The molecule has 0 bridgehead atoms. The number of fused-ring (bicyclic) bond motifs is 2. The van der Waals surface area contributed by atoms with Crippen molar-refractivity contribution in [1.82, 2.24) is 0 Å². The van der Waals surface area contributed by atoms with Gasteiger partial charge in [0.05, 0.1) is 0 Å². The van der Waals surface area contributed by atoms with E-state index in [1.165, 1.54) is 17.5 Å². The summed E-state index contributed by atoms with van der Waals surface area (Å²) in [6.07, 6.45) is 4.35. The van der Waals surface area contributed by atoms with Gasteiger partial charge in [-0.1, -0.05) is 12.1 Å². The van der Waals surface area contributed by atoms with E-state index in [0.717, 1.165) is 41.9 Å². The van der Waals surface area contributed by atoms with Crippen LogP contribution in [0.2, 0.25) is 0 Å². The lowest BCUT2D eigenvalue weighted by Crippen LogP contribution is -2.04. The molecule has 4 rings (SSSR count). The second-order valence-electron chi connectivity index (χ2n) is 5.36. The van der Waals surface area contributed by atoms with Crippen molar-refractivity contribution in [2.24, 2.45) is 0 Å². The minimum Gasteiger partial charge on any atom is -0.508 e. The first-order chi connectivity index (χ1) is 9.83. The molecule has 0 fully saturated rings. The van der Waals surface area contributed by atoms with Gasteiger partial charge < -0.3 is 14.6 Å². The summed E-state index contributed by atoms with van der Waals surface area (Å²) < 4.78 is 10.8. The third-order valence-corrected chi connectivity index (χ3v) is 4.19. The molecule has 2 aromatic rings. The number of rotatable bonds is 1. The quantitative estimate of drug-likeness (QED) is 0.857. The summed E-state index contributed by atoms with van der Waals surface area (Å²) in [5.74, 6) is 2.05. The summed E-state index contributed by atoms with van der Waals surface area (Å²) in [6.45, 7) is 0.298. The van der Waals surface area contributed by atoms with Gasteiger partial charge in [-0.2, -0.15) is 0 Å². The van der Waals surface area contributed by atoms with Crippen molar-refractivity contribution in [2.45, 2.75) is 25.7 Å². The molecule has 1 aliphatic carbocycles. The van der Waals surface area contributed by atoms with Gasteiger partial charge in [0, 0.05) is 0 Å². The SMILES string of the molecule is Oc1ccc(-c2ccc3c(c2)OCO3)c2c1CCCC2. The van der Waals surface area contributed by atoms with Gasteiger partial charge in [0.2, 0.25) is 6.79 Å². The Bertz CT molecular complexity index is 676. The number of aromatic hydroxyl groups is 1. The third kappa shape index (κ3) is 1.73. The number of benzene rings is 2. The van der Waals surface area contributed by atoms with Crippen LogP contribution in [0.25, 0.3) is 11.1 Å². The minimum atomic E-state index is 0.298. The molecule has 0 unspecified atom stereocenters. The van der Waals surface area contributed by atoms with E-state index in [1.54, 1.807) is 0 Å². The van der Waals surface area contributed by atoms with E-state index in [0.29, 0.717) is 12.5 Å². The maximum atomic E-state index is 10.0. The number of ether oxygens (including phenoxy) is 2. The zero-order chi connectivity index (χ0) is 13.5. The summed E-state index contributed by atoms with van der Waals surface area (Å²) >= 11 is 0. The van der Waals surface area contributed by atoms with Crippen molar-refractivity contribution in [3.05, 3.63) is 41.5 Å². The average Bonchev–Trinajstić information content (AvgIpc) is 2.95. The Labute approximate surface area is 117 Å². The number of hydrogen-bond acceptors (Lipinski definition) is 3. The number of hydrogen-bond donors (Lipinski definition) is 1. The maximum Gasteiger partial charge on any atom is 0.231 e. The van der Waals surface area contributed by atoms with Crippen molar-refractivity contribution in [3.63, 3.8) is 0 Å². The molecule has 1 aliphatic heterocycles. The van der Waals surface area contributed by atoms with Gasteiger partial charge >= 0.3 is 0 Å². The first-order valence-electron chi connectivity index (χ1n) is 7.07. The molecule has 2 aliphatic rings. The lowest BCUT2D eigenvalue weighted by molar-refractivity contribution is 0.174. The summed E-state index contributed by atoms with van der Waals surface area (Å²) in [4.78, 5) is 0. The minimum absolute atomic E-state index is 0.298. The van der Waals surface area contributed by atoms with Crippen molar-refractivity contribution in [2.75, 3.05) is 6.79 Å². The van der Waals surface area contributed by atoms with Gasteiger partial charge in [0.25, 0.3) is 0 Å². The van der Waals surface area contributed by atoms with Crippen LogP contribution in [0.1, 0.15) is 24.0 Å². The van der Waals surface area contributed by atoms with Gasteiger partial charge in [-0.25, -0.2) is 0 Å². The van der Waals surface area contributed by atoms with E-state index < -0.39 is 0 Å². The Morgan fingerprint density at radius 3 is 2.55 bits per heavy atom. The number of phenols is 1. The molecule has 3 heteroatoms. The Kier molecular flexibility index (Phi) is 2.59. The average molecular weight is 268 g/mol. The molecule has 2 aromatic carbocycles. The molecule has 102 valence electrons. The fourth-order valence-electron chi connectivity index (χ4n) is 3.18. The van der Waals surface area contributed by atoms with Crippen molar-refractivity contribution in [1.29, 1.82) is 0 Å². The van der Waals surface area contributed by atoms with Gasteiger partial charge in [-0.3, -0.25) is 0 Å². The third-order valence-electron chi connectivity index (χ3n) is 4.19. The summed E-state index contributed by atoms with van der Waals surface area (Å²) in [7, 11) is 0. The van der Waals surface area contributed by atoms with Gasteiger partial charge in [0.1, 0.15) is 5.75 Å². The van der Waals surface area contributed by atoms with Crippen LogP contribution in [-0.4, -0.2) is 11.9 Å².